The number of esters is 1. The van der Waals surface area contributed by atoms with Crippen molar-refractivity contribution in [3.63, 3.8) is 0 Å². The van der Waals surface area contributed by atoms with Crippen molar-refractivity contribution in [2.24, 2.45) is 21.9 Å². The Morgan fingerprint density at radius 2 is 1.20 bits per heavy atom. The van der Waals surface area contributed by atoms with Gasteiger partial charge >= 0.3 is 11.4 Å². The first kappa shape index (κ1) is 53.6. The molecule has 14 heteroatoms. The number of ether oxygens (including phenoxy) is 2. The summed E-state index contributed by atoms with van der Waals surface area (Å²) in [6, 6.07) is 32.4. The maximum atomic E-state index is 12.2. The lowest BCUT2D eigenvalue weighted by atomic mass is 9.82. The standard InChI is InChI=1S/C15H22FNO2.C13H15FN2.C8H7ClO2.C6H11FN2.ClH/c1-15(12-17,8-5-9-16)10-14(18)19-11-13-6-3-2-4-7-13;1-13(11-15,8-5-9-14)16-10-12-6-3-2-4-7-12;9-8(10)11-6-7-4-2-1-3-5-7;1-6(9,5-8)3-2-4-7;/h2-4,6-7H,5,8-12,17H2,1H3;2-4,6-7,10H,5,8-9H2,1H3;1-5H,6H2;2-4,9H2,1H3;1H. The first-order valence-corrected chi connectivity index (χ1v) is 18.2. The van der Waals surface area contributed by atoms with Gasteiger partial charge in [0.05, 0.1) is 38.6 Å². The van der Waals surface area contributed by atoms with E-state index in [1.54, 1.807) is 20.1 Å². The molecule has 0 aliphatic rings. The molecule has 3 aromatic rings. The molecule has 308 valence electrons. The number of aliphatic imine (C=N–C) groups is 1. The van der Waals surface area contributed by atoms with Crippen LogP contribution in [-0.4, -0.2) is 55.3 Å². The summed E-state index contributed by atoms with van der Waals surface area (Å²) in [5, 5.41) is 17.3. The van der Waals surface area contributed by atoms with Crippen molar-refractivity contribution in [2.75, 3.05) is 26.6 Å². The average Bonchev–Trinajstić information content (AvgIpc) is 3.21. The van der Waals surface area contributed by atoms with Crippen LogP contribution in [0.15, 0.2) is 96.0 Å². The minimum Gasteiger partial charge on any atom is -0.461 e. The minimum atomic E-state index is -0.841. The van der Waals surface area contributed by atoms with E-state index in [0.717, 1.165) is 16.7 Å². The van der Waals surface area contributed by atoms with Crippen LogP contribution in [-0.2, 0) is 27.5 Å². The number of benzene rings is 3. The second-order valence-electron chi connectivity index (χ2n) is 13.3. The van der Waals surface area contributed by atoms with Crippen LogP contribution < -0.4 is 11.5 Å². The Kier molecular flexibility index (Phi) is 30.4. The number of alkyl halides is 3. The van der Waals surface area contributed by atoms with E-state index in [4.69, 9.17) is 38.3 Å². The molecular weight excluding hydrogens is 766 g/mol. The quantitative estimate of drug-likeness (QED) is 0.0727. The Morgan fingerprint density at radius 3 is 1.62 bits per heavy atom. The van der Waals surface area contributed by atoms with E-state index in [1.165, 1.54) is 0 Å². The third-order valence-electron chi connectivity index (χ3n) is 7.84. The summed E-state index contributed by atoms with van der Waals surface area (Å²) in [5.41, 5.74) is 11.1. The maximum absolute atomic E-state index is 12.2. The minimum absolute atomic E-state index is 0. The zero-order chi connectivity index (χ0) is 41.4. The van der Waals surface area contributed by atoms with Gasteiger partial charge < -0.3 is 20.9 Å². The molecule has 0 aliphatic carbocycles. The lowest BCUT2D eigenvalue weighted by Gasteiger charge is -2.26. The van der Waals surface area contributed by atoms with Crippen molar-refractivity contribution in [3.05, 3.63) is 108 Å². The number of hydrogen-bond donors (Lipinski definition) is 2. The van der Waals surface area contributed by atoms with E-state index >= 15 is 0 Å². The van der Waals surface area contributed by atoms with Crippen LogP contribution in [0.5, 0.6) is 0 Å². The molecule has 0 bridgehead atoms. The van der Waals surface area contributed by atoms with Gasteiger partial charge in [0, 0.05) is 17.8 Å². The lowest BCUT2D eigenvalue weighted by molar-refractivity contribution is -0.147. The molecule has 0 saturated heterocycles. The zero-order valence-electron chi connectivity index (χ0n) is 32.5. The topological polar surface area (TPSA) is 165 Å². The number of nitrogens with two attached hydrogens (primary N) is 2. The highest BCUT2D eigenvalue weighted by molar-refractivity contribution is 6.61. The zero-order valence-corrected chi connectivity index (χ0v) is 34.1. The maximum Gasteiger partial charge on any atom is 0.404 e. The van der Waals surface area contributed by atoms with E-state index < -0.39 is 29.9 Å². The van der Waals surface area contributed by atoms with E-state index in [1.807, 2.05) is 104 Å². The number of carbonyl (C=O) groups excluding carboxylic acids is 2. The number of halogens is 5. The Hall–Kier alpha value is -4.46. The lowest BCUT2D eigenvalue weighted by Crippen LogP contribution is -2.33. The van der Waals surface area contributed by atoms with Gasteiger partial charge in [0.15, 0.2) is 0 Å². The highest BCUT2D eigenvalue weighted by Crippen LogP contribution is 2.27. The Labute approximate surface area is 341 Å². The van der Waals surface area contributed by atoms with Crippen molar-refractivity contribution < 1.29 is 32.2 Å². The summed E-state index contributed by atoms with van der Waals surface area (Å²) >= 11 is 4.97. The van der Waals surface area contributed by atoms with E-state index in [-0.39, 0.29) is 50.1 Å². The molecule has 0 aromatic heterocycles. The van der Waals surface area contributed by atoms with Crippen LogP contribution in [0.25, 0.3) is 0 Å². The first-order valence-electron chi connectivity index (χ1n) is 17.9. The molecule has 3 aromatic carbocycles. The third kappa shape index (κ3) is 28.0. The molecule has 9 nitrogen and oxygen atoms in total. The van der Waals surface area contributed by atoms with Gasteiger partial charge in [0.2, 0.25) is 0 Å². The monoisotopic (exact) mass is 821 g/mol. The van der Waals surface area contributed by atoms with Gasteiger partial charge in [-0.05, 0) is 81.0 Å². The Bertz CT molecular complexity index is 1580. The summed E-state index contributed by atoms with van der Waals surface area (Å²) in [5.74, 6) is -0.282. The van der Waals surface area contributed by atoms with Crippen LogP contribution in [0.1, 0.15) is 82.4 Å². The summed E-state index contributed by atoms with van der Waals surface area (Å²) in [6.07, 6.45) is 4.55. The third-order valence-corrected chi connectivity index (χ3v) is 7.95. The van der Waals surface area contributed by atoms with Crippen LogP contribution in [0.3, 0.4) is 0 Å². The fourth-order valence-electron chi connectivity index (χ4n) is 4.41. The van der Waals surface area contributed by atoms with Gasteiger partial charge in [-0.25, -0.2) is 4.79 Å². The largest absolute Gasteiger partial charge is 0.461 e. The van der Waals surface area contributed by atoms with Gasteiger partial charge in [0.25, 0.3) is 0 Å². The predicted molar refractivity (Wildman–Crippen MR) is 220 cm³/mol. The van der Waals surface area contributed by atoms with E-state index in [2.05, 4.69) is 15.8 Å². The SMILES string of the molecule is CC(C#N)(CCCF)N=Cc1ccccc1.CC(CN)(CCCF)CC(=O)OCc1ccccc1.CC(N)(C#N)CCCF.Cl.O=C(Cl)OCc1ccccc1. The fourth-order valence-corrected chi connectivity index (χ4v) is 4.47. The summed E-state index contributed by atoms with van der Waals surface area (Å²) in [7, 11) is 0. The van der Waals surface area contributed by atoms with Crippen molar-refractivity contribution in [3.8, 4) is 12.1 Å². The smallest absolute Gasteiger partial charge is 0.404 e. The predicted octanol–water partition coefficient (Wildman–Crippen LogP) is 9.93. The molecule has 0 amide bonds. The second-order valence-corrected chi connectivity index (χ2v) is 13.6. The highest BCUT2D eigenvalue weighted by atomic mass is 35.5. The molecule has 3 atom stereocenters. The summed E-state index contributed by atoms with van der Waals surface area (Å²) < 4.78 is 45.5. The molecule has 3 unspecified atom stereocenters. The molecular formula is C42H56Cl2F3N5O4. The number of nitrogens with zero attached hydrogens (tertiary/aromatic N) is 3. The van der Waals surface area contributed by atoms with Crippen LogP contribution in [0.2, 0.25) is 0 Å². The molecule has 0 fully saturated rings. The Balaban J connectivity index is 0. The van der Waals surface area contributed by atoms with E-state index in [9.17, 15) is 22.8 Å². The molecule has 0 heterocycles. The van der Waals surface area contributed by atoms with Crippen LogP contribution >= 0.6 is 24.0 Å². The number of carbonyl (C=O) groups is 2. The van der Waals surface area contributed by atoms with Gasteiger partial charge in [0.1, 0.15) is 24.3 Å². The van der Waals surface area contributed by atoms with Gasteiger partial charge in [-0.3, -0.25) is 23.0 Å². The van der Waals surface area contributed by atoms with Gasteiger partial charge in [-0.1, -0.05) is 97.9 Å². The van der Waals surface area contributed by atoms with Gasteiger partial charge in [-0.2, -0.15) is 10.5 Å². The highest BCUT2D eigenvalue weighted by Gasteiger charge is 2.26. The molecule has 0 aliphatic heterocycles. The molecule has 0 saturated carbocycles. The first-order chi connectivity index (χ1) is 26.2. The molecule has 0 spiro atoms. The Morgan fingerprint density at radius 1 is 0.750 bits per heavy atom. The van der Waals surface area contributed by atoms with Crippen molar-refractivity contribution >= 4 is 41.6 Å². The van der Waals surface area contributed by atoms with E-state index in [0.29, 0.717) is 45.1 Å². The van der Waals surface area contributed by atoms with Gasteiger partial charge in [-0.15, -0.1) is 12.4 Å². The van der Waals surface area contributed by atoms with Crippen molar-refractivity contribution in [1.29, 1.82) is 10.5 Å². The molecule has 3 rings (SSSR count). The molecule has 0 radical (unpaired) electrons. The molecule has 4 N–H and O–H groups in total. The average molecular weight is 823 g/mol. The van der Waals surface area contributed by atoms with Crippen LogP contribution in [0.4, 0.5) is 18.0 Å². The normalized spacial score (nSPS) is 13.3. The van der Waals surface area contributed by atoms with Crippen LogP contribution in [0, 0.1) is 28.1 Å². The second kappa shape index (κ2) is 31.7. The number of rotatable bonds is 18. The summed E-state index contributed by atoms with van der Waals surface area (Å²) in [6.45, 7) is 4.90. The molecule has 56 heavy (non-hydrogen) atoms. The summed E-state index contributed by atoms with van der Waals surface area (Å²) in [4.78, 5) is 26.2. The van der Waals surface area contributed by atoms with Crippen molar-refractivity contribution in [1.82, 2.24) is 0 Å². The van der Waals surface area contributed by atoms with Crippen molar-refractivity contribution in [2.45, 2.75) is 90.0 Å². The fraction of sp³-hybridized carbons (Fsp3) is 0.452. The number of hydrogen-bond acceptors (Lipinski definition) is 9. The number of nitriles is 2.